The lowest BCUT2D eigenvalue weighted by atomic mass is 10.2. The number of amides is 1. The van der Waals surface area contributed by atoms with Crippen LogP contribution in [0.2, 0.25) is 0 Å². The van der Waals surface area contributed by atoms with E-state index >= 15 is 0 Å². The Balaban J connectivity index is 1.69. The van der Waals surface area contributed by atoms with Gasteiger partial charge in [0.25, 0.3) is 0 Å². The van der Waals surface area contributed by atoms with Gasteiger partial charge in [-0.25, -0.2) is 0 Å². The van der Waals surface area contributed by atoms with E-state index in [1.54, 1.807) is 0 Å². The third-order valence-electron chi connectivity index (χ3n) is 2.69. The second kappa shape index (κ2) is 5.16. The number of furan rings is 1. The third kappa shape index (κ3) is 2.85. The summed E-state index contributed by atoms with van der Waals surface area (Å²) in [6.07, 6.45) is 2.31. The average molecular weight is 223 g/mol. The van der Waals surface area contributed by atoms with Crippen LogP contribution >= 0.6 is 0 Å². The highest BCUT2D eigenvalue weighted by atomic mass is 16.5. The average Bonchev–Trinajstić information content (AvgIpc) is 2.89. The quantitative estimate of drug-likeness (QED) is 0.840. The Morgan fingerprint density at radius 2 is 2.44 bits per heavy atom. The molecule has 2 heterocycles. The number of ether oxygens (including phenoxy) is 1. The Morgan fingerprint density at radius 3 is 3.06 bits per heavy atom. The number of nitrogens with one attached hydrogen (secondary N) is 1. The van der Waals surface area contributed by atoms with Gasteiger partial charge < -0.3 is 14.5 Å². The van der Waals surface area contributed by atoms with Gasteiger partial charge in [0.2, 0.25) is 5.91 Å². The Labute approximate surface area is 95.0 Å². The number of carbonyl (C=O) groups is 1. The molecule has 0 aromatic carbocycles. The highest BCUT2D eigenvalue weighted by Gasteiger charge is 2.22. The van der Waals surface area contributed by atoms with Crippen molar-refractivity contribution in [2.45, 2.75) is 32.3 Å². The topological polar surface area (TPSA) is 51.5 Å². The largest absolute Gasteiger partial charge is 0.466 e. The first-order valence-corrected chi connectivity index (χ1v) is 5.70. The number of hydrogen-bond donors (Lipinski definition) is 1. The molecule has 0 bridgehead atoms. The molecule has 1 saturated heterocycles. The number of carbonyl (C=O) groups excluding carboxylic acids is 1. The van der Waals surface area contributed by atoms with E-state index in [0.717, 1.165) is 30.8 Å². The van der Waals surface area contributed by atoms with E-state index in [-0.39, 0.29) is 12.0 Å². The molecule has 0 saturated carbocycles. The van der Waals surface area contributed by atoms with Crippen molar-refractivity contribution in [3.63, 3.8) is 0 Å². The summed E-state index contributed by atoms with van der Waals surface area (Å²) >= 11 is 0. The summed E-state index contributed by atoms with van der Waals surface area (Å²) in [5.74, 6) is 1.81. The minimum atomic E-state index is -0.238. The molecule has 0 radical (unpaired) electrons. The molecule has 1 amide bonds. The zero-order valence-electron chi connectivity index (χ0n) is 9.49. The van der Waals surface area contributed by atoms with Crippen molar-refractivity contribution in [1.29, 1.82) is 0 Å². The van der Waals surface area contributed by atoms with Crippen molar-refractivity contribution >= 4 is 5.91 Å². The van der Waals surface area contributed by atoms with Gasteiger partial charge in [-0.15, -0.1) is 0 Å². The monoisotopic (exact) mass is 223 g/mol. The van der Waals surface area contributed by atoms with E-state index in [4.69, 9.17) is 9.15 Å². The molecule has 1 aromatic heterocycles. The van der Waals surface area contributed by atoms with Crippen molar-refractivity contribution in [2.75, 3.05) is 13.2 Å². The summed E-state index contributed by atoms with van der Waals surface area (Å²) in [7, 11) is 0. The van der Waals surface area contributed by atoms with Gasteiger partial charge in [-0.2, -0.15) is 0 Å². The third-order valence-corrected chi connectivity index (χ3v) is 2.69. The second-order valence-electron chi connectivity index (χ2n) is 4.06. The van der Waals surface area contributed by atoms with Crippen molar-refractivity contribution in [2.24, 2.45) is 0 Å². The SMILES string of the molecule is Cc1ccc(CCNC(=O)C2CCCO2)o1. The Hall–Kier alpha value is -1.29. The van der Waals surface area contributed by atoms with Crippen LogP contribution in [0.1, 0.15) is 24.4 Å². The maximum atomic E-state index is 11.6. The molecular formula is C12H17NO3. The van der Waals surface area contributed by atoms with Crippen LogP contribution in [0.3, 0.4) is 0 Å². The molecule has 1 unspecified atom stereocenters. The molecule has 0 spiro atoms. The van der Waals surface area contributed by atoms with E-state index in [0.29, 0.717) is 13.2 Å². The van der Waals surface area contributed by atoms with Gasteiger partial charge in [-0.1, -0.05) is 0 Å². The standard InChI is InChI=1S/C12H17NO3/c1-9-4-5-10(16-9)6-7-13-12(14)11-3-2-8-15-11/h4-5,11H,2-3,6-8H2,1H3,(H,13,14). The van der Waals surface area contributed by atoms with Crippen molar-refractivity contribution in [3.8, 4) is 0 Å². The summed E-state index contributed by atoms with van der Waals surface area (Å²) in [6, 6.07) is 3.87. The summed E-state index contributed by atoms with van der Waals surface area (Å²) in [5, 5.41) is 2.86. The first-order valence-electron chi connectivity index (χ1n) is 5.70. The molecule has 1 fully saturated rings. The van der Waals surface area contributed by atoms with Gasteiger partial charge in [-0.3, -0.25) is 4.79 Å². The van der Waals surface area contributed by atoms with Crippen molar-refractivity contribution in [1.82, 2.24) is 5.32 Å². The minimum absolute atomic E-state index is 0.000720. The fraction of sp³-hybridized carbons (Fsp3) is 0.583. The molecule has 1 aliphatic heterocycles. The lowest BCUT2D eigenvalue weighted by Gasteiger charge is -2.09. The molecule has 2 rings (SSSR count). The Morgan fingerprint density at radius 1 is 1.56 bits per heavy atom. The van der Waals surface area contributed by atoms with E-state index in [9.17, 15) is 4.79 Å². The van der Waals surface area contributed by atoms with Crippen molar-refractivity contribution in [3.05, 3.63) is 23.7 Å². The fourth-order valence-electron chi connectivity index (χ4n) is 1.83. The number of aryl methyl sites for hydroxylation is 1. The normalized spacial score (nSPS) is 19.9. The Bertz CT molecular complexity index is 353. The fourth-order valence-corrected chi connectivity index (χ4v) is 1.83. The zero-order valence-corrected chi connectivity index (χ0v) is 9.49. The molecule has 88 valence electrons. The molecular weight excluding hydrogens is 206 g/mol. The summed E-state index contributed by atoms with van der Waals surface area (Å²) in [4.78, 5) is 11.6. The van der Waals surface area contributed by atoms with E-state index in [1.165, 1.54) is 0 Å². The van der Waals surface area contributed by atoms with Crippen molar-refractivity contribution < 1.29 is 13.9 Å². The maximum absolute atomic E-state index is 11.6. The van der Waals surface area contributed by atoms with Crippen LogP contribution in [0.4, 0.5) is 0 Å². The van der Waals surface area contributed by atoms with Crippen LogP contribution in [-0.2, 0) is 16.0 Å². The molecule has 1 N–H and O–H groups in total. The zero-order chi connectivity index (χ0) is 11.4. The van der Waals surface area contributed by atoms with Crippen LogP contribution in [0.5, 0.6) is 0 Å². The maximum Gasteiger partial charge on any atom is 0.249 e. The first-order chi connectivity index (χ1) is 7.75. The first kappa shape index (κ1) is 11.2. The lowest BCUT2D eigenvalue weighted by molar-refractivity contribution is -0.130. The van der Waals surface area contributed by atoms with E-state index in [2.05, 4.69) is 5.32 Å². The predicted octanol–water partition coefficient (Wildman–Crippen LogP) is 1.43. The van der Waals surface area contributed by atoms with Crippen LogP contribution in [0.15, 0.2) is 16.5 Å². The van der Waals surface area contributed by atoms with E-state index in [1.807, 2.05) is 19.1 Å². The van der Waals surface area contributed by atoms with E-state index < -0.39 is 0 Å². The summed E-state index contributed by atoms with van der Waals surface area (Å²) < 4.78 is 10.7. The molecule has 1 aromatic rings. The van der Waals surface area contributed by atoms with Crippen LogP contribution in [-0.4, -0.2) is 25.2 Å². The Kier molecular flexibility index (Phi) is 3.62. The van der Waals surface area contributed by atoms with Crippen LogP contribution in [0, 0.1) is 6.92 Å². The smallest absolute Gasteiger partial charge is 0.249 e. The minimum Gasteiger partial charge on any atom is -0.466 e. The van der Waals surface area contributed by atoms with Gasteiger partial charge in [0.15, 0.2) is 0 Å². The molecule has 1 atom stereocenters. The number of hydrogen-bond acceptors (Lipinski definition) is 3. The summed E-state index contributed by atoms with van der Waals surface area (Å²) in [6.45, 7) is 3.22. The molecule has 4 heteroatoms. The van der Waals surface area contributed by atoms with Gasteiger partial charge in [-0.05, 0) is 31.9 Å². The van der Waals surface area contributed by atoms with Gasteiger partial charge in [0, 0.05) is 19.6 Å². The highest BCUT2D eigenvalue weighted by Crippen LogP contribution is 2.11. The number of rotatable bonds is 4. The lowest BCUT2D eigenvalue weighted by Crippen LogP contribution is -2.35. The second-order valence-corrected chi connectivity index (χ2v) is 4.06. The van der Waals surface area contributed by atoms with Gasteiger partial charge in [0.05, 0.1) is 0 Å². The van der Waals surface area contributed by atoms with Crippen LogP contribution < -0.4 is 5.32 Å². The predicted molar refractivity (Wildman–Crippen MR) is 59.1 cm³/mol. The molecule has 0 aliphatic carbocycles. The molecule has 4 nitrogen and oxygen atoms in total. The van der Waals surface area contributed by atoms with Crippen LogP contribution in [0.25, 0.3) is 0 Å². The molecule has 16 heavy (non-hydrogen) atoms. The van der Waals surface area contributed by atoms with Gasteiger partial charge >= 0.3 is 0 Å². The summed E-state index contributed by atoms with van der Waals surface area (Å²) in [5.41, 5.74) is 0. The highest BCUT2D eigenvalue weighted by molar-refractivity contribution is 5.80. The molecule has 1 aliphatic rings. The van der Waals surface area contributed by atoms with Gasteiger partial charge in [0.1, 0.15) is 17.6 Å².